The van der Waals surface area contributed by atoms with E-state index >= 15 is 0 Å². The highest BCUT2D eigenvalue weighted by atomic mass is 16.7. The fourth-order valence-electron chi connectivity index (χ4n) is 5.98. The number of ether oxygens (including phenoxy) is 3. The van der Waals surface area contributed by atoms with E-state index in [1.807, 2.05) is 44.2 Å². The molecule has 11 heteroatoms. The molecule has 0 amide bonds. The fourth-order valence-corrected chi connectivity index (χ4v) is 5.98. The summed E-state index contributed by atoms with van der Waals surface area (Å²) in [5.74, 6) is 1.02. The van der Waals surface area contributed by atoms with E-state index in [2.05, 4.69) is 21.0 Å². The van der Waals surface area contributed by atoms with Gasteiger partial charge in [0.2, 0.25) is 6.29 Å². The van der Waals surface area contributed by atoms with Gasteiger partial charge >= 0.3 is 0 Å². The Morgan fingerprint density at radius 2 is 1.80 bits per heavy atom. The van der Waals surface area contributed by atoms with Crippen molar-refractivity contribution < 1.29 is 39.4 Å². The number of hydrazine groups is 1. The van der Waals surface area contributed by atoms with Crippen LogP contribution in [0.4, 0.5) is 5.69 Å². The van der Waals surface area contributed by atoms with Crippen LogP contribution in [0.2, 0.25) is 0 Å². The number of Topliss-reactive ketones (excluding diaryl/α,β-unsaturated/α-hetero) is 1. The first kappa shape index (κ1) is 27.2. The number of carbonyl (C=O) groups is 1. The maximum atomic E-state index is 11.7. The van der Waals surface area contributed by atoms with Crippen LogP contribution in [0.25, 0.3) is 0 Å². The Kier molecular flexibility index (Phi) is 6.86. The molecule has 4 aliphatic heterocycles. The number of carbonyl (C=O) groups excluding carboxylic acids is 1. The summed E-state index contributed by atoms with van der Waals surface area (Å²) in [7, 11) is 0. The lowest BCUT2D eigenvalue weighted by molar-refractivity contribution is -0.277. The standard InChI is InChI=1S/C29H35N3O8/c1-16(34)17-4-6-18(7-5-17)30-14-31-11-10-21-24(32(31)15-30)20-9-8-19(12-22(20)40-29(21,2)3)38-28-27(37)26(36)25(35)23(13-33)39-28/h4-10,12,23-28,33,35-37H,11,13-15H2,1-3H3/t23-,24?,25+,26+,27-,28-/m1/s1. The molecule has 2 fully saturated rings. The predicted molar refractivity (Wildman–Crippen MR) is 144 cm³/mol. The first-order valence-corrected chi connectivity index (χ1v) is 13.5. The Balaban J connectivity index is 1.26. The minimum Gasteiger partial charge on any atom is -0.483 e. The van der Waals surface area contributed by atoms with Gasteiger partial charge in [0.05, 0.1) is 26.0 Å². The van der Waals surface area contributed by atoms with Crippen molar-refractivity contribution in [2.75, 3.05) is 31.4 Å². The lowest BCUT2D eigenvalue weighted by Gasteiger charge is -2.48. The normalized spacial score (nSPS) is 31.5. The lowest BCUT2D eigenvalue weighted by atomic mass is 9.82. The summed E-state index contributed by atoms with van der Waals surface area (Å²) in [5, 5.41) is 44.7. The number of aliphatic hydroxyl groups is 4. The molecule has 0 saturated carbocycles. The van der Waals surface area contributed by atoms with Crippen LogP contribution in [0.3, 0.4) is 0 Å². The average molecular weight is 554 g/mol. The van der Waals surface area contributed by atoms with Crippen molar-refractivity contribution >= 4 is 11.5 Å². The minimum absolute atomic E-state index is 0.0407. The topological polar surface area (TPSA) is 135 Å². The number of hydrogen-bond acceptors (Lipinski definition) is 11. The molecule has 4 N–H and O–H groups in total. The number of aliphatic hydroxyl groups excluding tert-OH is 4. The van der Waals surface area contributed by atoms with Gasteiger partial charge in [0.15, 0.2) is 5.78 Å². The second kappa shape index (κ2) is 10.1. The summed E-state index contributed by atoms with van der Waals surface area (Å²) in [6, 6.07) is 13.0. The Bertz CT molecular complexity index is 1310. The van der Waals surface area contributed by atoms with Crippen molar-refractivity contribution in [3.63, 3.8) is 0 Å². The van der Waals surface area contributed by atoms with E-state index in [4.69, 9.17) is 14.2 Å². The van der Waals surface area contributed by atoms with Crippen molar-refractivity contribution in [3.05, 3.63) is 65.2 Å². The predicted octanol–water partition coefficient (Wildman–Crippen LogP) is 1.17. The van der Waals surface area contributed by atoms with Gasteiger partial charge in [-0.2, -0.15) is 0 Å². The van der Waals surface area contributed by atoms with Crippen LogP contribution < -0.4 is 14.4 Å². The molecule has 2 aromatic rings. The van der Waals surface area contributed by atoms with Crippen LogP contribution in [0.5, 0.6) is 11.5 Å². The molecular formula is C29H35N3O8. The Labute approximate surface area is 232 Å². The van der Waals surface area contributed by atoms with Crippen LogP contribution in [0.1, 0.15) is 42.7 Å². The van der Waals surface area contributed by atoms with E-state index in [1.165, 1.54) is 0 Å². The molecule has 4 aliphatic rings. The first-order valence-electron chi connectivity index (χ1n) is 13.5. The second-order valence-electron chi connectivity index (χ2n) is 11.2. The molecular weight excluding hydrogens is 518 g/mol. The number of nitrogens with zero attached hydrogens (tertiary/aromatic N) is 3. The van der Waals surface area contributed by atoms with Crippen LogP contribution in [-0.4, -0.2) is 99.0 Å². The number of anilines is 1. The molecule has 2 aromatic carbocycles. The Morgan fingerprint density at radius 3 is 2.50 bits per heavy atom. The third-order valence-electron chi connectivity index (χ3n) is 8.21. The smallest absolute Gasteiger partial charge is 0.229 e. The number of benzene rings is 2. The molecule has 0 aromatic heterocycles. The van der Waals surface area contributed by atoms with Gasteiger partial charge in [-0.1, -0.05) is 6.08 Å². The van der Waals surface area contributed by atoms with Crippen LogP contribution in [-0.2, 0) is 4.74 Å². The quantitative estimate of drug-likeness (QED) is 0.314. The van der Waals surface area contributed by atoms with Crippen molar-refractivity contribution in [3.8, 4) is 11.5 Å². The van der Waals surface area contributed by atoms with Gasteiger partial charge in [0, 0.05) is 29.4 Å². The molecule has 0 spiro atoms. The van der Waals surface area contributed by atoms with Gasteiger partial charge < -0.3 is 39.5 Å². The van der Waals surface area contributed by atoms with Crippen molar-refractivity contribution in [1.29, 1.82) is 0 Å². The first-order chi connectivity index (χ1) is 19.1. The third-order valence-corrected chi connectivity index (χ3v) is 8.21. The Morgan fingerprint density at radius 1 is 1.05 bits per heavy atom. The highest BCUT2D eigenvalue weighted by Crippen LogP contribution is 2.50. The van der Waals surface area contributed by atoms with Crippen molar-refractivity contribution in [1.82, 2.24) is 10.0 Å². The zero-order chi connectivity index (χ0) is 28.3. The molecule has 40 heavy (non-hydrogen) atoms. The molecule has 4 heterocycles. The summed E-state index contributed by atoms with van der Waals surface area (Å²) < 4.78 is 17.8. The number of ketones is 1. The number of hydrogen-bond donors (Lipinski definition) is 4. The summed E-state index contributed by atoms with van der Waals surface area (Å²) >= 11 is 0. The molecule has 0 bridgehead atoms. The maximum Gasteiger partial charge on any atom is 0.229 e. The molecule has 1 unspecified atom stereocenters. The van der Waals surface area contributed by atoms with E-state index in [-0.39, 0.29) is 11.8 Å². The molecule has 214 valence electrons. The summed E-state index contributed by atoms with van der Waals surface area (Å²) in [6.07, 6.45) is -4.61. The van der Waals surface area contributed by atoms with Gasteiger partial charge in [0.25, 0.3) is 0 Å². The van der Waals surface area contributed by atoms with Crippen molar-refractivity contribution in [2.24, 2.45) is 0 Å². The van der Waals surface area contributed by atoms with Gasteiger partial charge in [0.1, 0.15) is 41.5 Å². The van der Waals surface area contributed by atoms with E-state index in [0.29, 0.717) is 30.4 Å². The molecule has 6 atom stereocenters. The maximum absolute atomic E-state index is 11.7. The summed E-state index contributed by atoms with van der Waals surface area (Å²) in [6.45, 7) is 7.19. The number of fused-ring (bicyclic) bond motifs is 5. The van der Waals surface area contributed by atoms with Crippen LogP contribution >= 0.6 is 0 Å². The summed E-state index contributed by atoms with van der Waals surface area (Å²) in [4.78, 5) is 14.0. The second-order valence-corrected chi connectivity index (χ2v) is 11.2. The molecule has 11 nitrogen and oxygen atoms in total. The van der Waals surface area contributed by atoms with Gasteiger partial charge in [-0.25, -0.2) is 10.0 Å². The lowest BCUT2D eigenvalue weighted by Crippen LogP contribution is -2.60. The molecule has 0 aliphatic carbocycles. The largest absolute Gasteiger partial charge is 0.483 e. The molecule has 2 saturated heterocycles. The summed E-state index contributed by atoms with van der Waals surface area (Å²) in [5.41, 5.74) is 3.25. The fraction of sp³-hybridized carbons (Fsp3) is 0.483. The zero-order valence-electron chi connectivity index (χ0n) is 22.7. The van der Waals surface area contributed by atoms with E-state index in [1.54, 1.807) is 19.1 Å². The van der Waals surface area contributed by atoms with E-state index in [9.17, 15) is 25.2 Å². The van der Waals surface area contributed by atoms with Gasteiger partial charge in [-0.05, 0) is 62.7 Å². The van der Waals surface area contributed by atoms with Crippen molar-refractivity contribution in [2.45, 2.75) is 63.1 Å². The minimum atomic E-state index is -1.53. The highest BCUT2D eigenvalue weighted by Gasteiger charge is 2.48. The SMILES string of the molecule is CC(=O)c1ccc(N2CN3CC=C4C(c5ccc(O[C@@H]6O[C@H](CO)[C@H](O)[C@H](O)[C@H]6O)cc5OC4(C)C)N3C2)cc1. The van der Waals surface area contributed by atoms with Crippen LogP contribution in [0.15, 0.2) is 54.1 Å². The monoisotopic (exact) mass is 553 g/mol. The zero-order valence-corrected chi connectivity index (χ0v) is 22.7. The highest BCUT2D eigenvalue weighted by molar-refractivity contribution is 5.94. The molecule has 0 radical (unpaired) electrons. The third kappa shape index (κ3) is 4.57. The molecule has 6 rings (SSSR count). The average Bonchev–Trinajstić information content (AvgIpc) is 3.37. The Hall–Kier alpha value is -3.03. The van der Waals surface area contributed by atoms with Gasteiger partial charge in [-0.15, -0.1) is 0 Å². The van der Waals surface area contributed by atoms with Crippen LogP contribution in [0, 0.1) is 0 Å². The van der Waals surface area contributed by atoms with E-state index < -0.39 is 42.9 Å². The van der Waals surface area contributed by atoms with Gasteiger partial charge in [-0.3, -0.25) is 4.79 Å². The number of rotatable bonds is 5. The van der Waals surface area contributed by atoms with E-state index in [0.717, 1.165) is 23.4 Å².